The number of anilines is 1. The number of ketones is 1. The molecule has 0 amide bonds. The van der Waals surface area contributed by atoms with Crippen LogP contribution in [0.4, 0.5) is 5.82 Å². The maximum atomic E-state index is 12.6. The molecule has 0 bridgehead atoms. The highest BCUT2D eigenvalue weighted by Gasteiger charge is 2.35. The third-order valence-corrected chi connectivity index (χ3v) is 4.38. The van der Waals surface area contributed by atoms with Crippen LogP contribution in [0, 0.1) is 0 Å². The highest BCUT2D eigenvalue weighted by atomic mass is 16.5. The van der Waals surface area contributed by atoms with Crippen molar-refractivity contribution in [2.75, 3.05) is 12.3 Å². The normalized spacial score (nSPS) is 22.8. The van der Waals surface area contributed by atoms with Crippen LogP contribution >= 0.6 is 0 Å². The van der Waals surface area contributed by atoms with Gasteiger partial charge in [0.25, 0.3) is 0 Å². The zero-order valence-electron chi connectivity index (χ0n) is 13.7. The number of aromatic nitrogens is 4. The van der Waals surface area contributed by atoms with Crippen LogP contribution < -0.4 is 5.73 Å². The van der Waals surface area contributed by atoms with Crippen molar-refractivity contribution in [1.82, 2.24) is 19.5 Å². The lowest BCUT2D eigenvalue weighted by Crippen LogP contribution is -2.24. The van der Waals surface area contributed by atoms with Gasteiger partial charge in [-0.05, 0) is 0 Å². The van der Waals surface area contributed by atoms with E-state index in [1.807, 2.05) is 6.07 Å². The first-order chi connectivity index (χ1) is 12.6. The first kappa shape index (κ1) is 16.6. The molecule has 3 atom stereocenters. The predicted octanol–water partition coefficient (Wildman–Crippen LogP) is 0.280. The Kier molecular flexibility index (Phi) is 4.11. The summed E-state index contributed by atoms with van der Waals surface area (Å²) in [6, 6.07) is 8.66. The molecule has 1 aliphatic heterocycles. The number of benzene rings is 1. The van der Waals surface area contributed by atoms with Crippen LogP contribution in [0.15, 0.2) is 36.7 Å². The first-order valence-electron chi connectivity index (χ1n) is 8.12. The molecule has 1 fully saturated rings. The molecule has 4 rings (SSSR count). The fraction of sp³-hybridized carbons (Fsp3) is 0.294. The summed E-state index contributed by atoms with van der Waals surface area (Å²) in [6.07, 6.45) is -0.304. The lowest BCUT2D eigenvalue weighted by molar-refractivity contribution is -0.0432. The molecule has 134 valence electrons. The van der Waals surface area contributed by atoms with Crippen molar-refractivity contribution in [3.05, 3.63) is 48.0 Å². The molecule has 2 aromatic heterocycles. The molecule has 1 unspecified atom stereocenters. The Morgan fingerprint density at radius 3 is 2.77 bits per heavy atom. The maximum absolute atomic E-state index is 12.6. The molecule has 0 aliphatic carbocycles. The van der Waals surface area contributed by atoms with Crippen LogP contribution in [-0.4, -0.2) is 54.3 Å². The van der Waals surface area contributed by atoms with Gasteiger partial charge in [-0.1, -0.05) is 30.3 Å². The minimum absolute atomic E-state index is 0.0415. The van der Waals surface area contributed by atoms with Crippen LogP contribution in [0.1, 0.15) is 28.8 Å². The Bertz CT molecular complexity index is 958. The topological polar surface area (TPSA) is 136 Å². The average Bonchev–Trinajstić information content (AvgIpc) is 3.25. The summed E-state index contributed by atoms with van der Waals surface area (Å²) in [5, 5.41) is 19.2. The molecular weight excluding hydrogens is 338 g/mol. The summed E-state index contributed by atoms with van der Waals surface area (Å²) in [7, 11) is 0. The van der Waals surface area contributed by atoms with E-state index < -0.39 is 18.4 Å². The van der Waals surface area contributed by atoms with Gasteiger partial charge in [0, 0.05) is 12.0 Å². The molecule has 0 saturated carbocycles. The number of carbonyl (C=O) groups excluding carboxylic acids is 1. The number of nitrogens with zero attached hydrogens (tertiary/aromatic N) is 4. The van der Waals surface area contributed by atoms with E-state index in [1.54, 1.807) is 28.8 Å². The van der Waals surface area contributed by atoms with Gasteiger partial charge >= 0.3 is 0 Å². The lowest BCUT2D eigenvalue weighted by Gasteiger charge is -2.14. The van der Waals surface area contributed by atoms with E-state index in [0.717, 1.165) is 0 Å². The van der Waals surface area contributed by atoms with Crippen LogP contribution in [0.5, 0.6) is 0 Å². The molecule has 1 aliphatic rings. The highest BCUT2D eigenvalue weighted by molar-refractivity contribution is 6.07. The summed E-state index contributed by atoms with van der Waals surface area (Å²) < 4.78 is 7.23. The number of rotatable bonds is 4. The van der Waals surface area contributed by atoms with E-state index in [2.05, 4.69) is 15.0 Å². The van der Waals surface area contributed by atoms with E-state index in [1.165, 1.54) is 6.33 Å². The van der Waals surface area contributed by atoms with Gasteiger partial charge < -0.3 is 20.7 Å². The van der Waals surface area contributed by atoms with E-state index in [4.69, 9.17) is 10.5 Å². The van der Waals surface area contributed by atoms with E-state index in [0.29, 0.717) is 16.7 Å². The lowest BCUT2D eigenvalue weighted by atomic mass is 10.1. The zero-order chi connectivity index (χ0) is 18.3. The average molecular weight is 355 g/mol. The number of hydrogen-bond acceptors (Lipinski definition) is 8. The number of aliphatic hydroxyl groups is 2. The second-order valence-electron chi connectivity index (χ2n) is 6.07. The number of fused-ring (bicyclic) bond motifs is 1. The number of nitrogen functional groups attached to an aromatic ring is 1. The Labute approximate surface area is 148 Å². The third-order valence-electron chi connectivity index (χ3n) is 4.38. The van der Waals surface area contributed by atoms with Crippen LogP contribution in [0.25, 0.3) is 11.2 Å². The SMILES string of the molecule is Nc1nc(C(=O)c2ccccc2)nc2c1ncn2[C@H]1CC(O)[C@@H](CO)O1. The van der Waals surface area contributed by atoms with Gasteiger partial charge in [-0.15, -0.1) is 0 Å². The Morgan fingerprint density at radius 2 is 2.08 bits per heavy atom. The second kappa shape index (κ2) is 6.45. The van der Waals surface area contributed by atoms with Crippen molar-refractivity contribution in [3.63, 3.8) is 0 Å². The molecule has 0 radical (unpaired) electrons. The Balaban J connectivity index is 1.76. The van der Waals surface area contributed by atoms with E-state index in [-0.39, 0.29) is 30.5 Å². The van der Waals surface area contributed by atoms with Gasteiger partial charge in [0.2, 0.25) is 11.6 Å². The molecule has 3 aromatic rings. The molecular formula is C17H17N5O4. The van der Waals surface area contributed by atoms with Gasteiger partial charge in [-0.25, -0.2) is 15.0 Å². The number of nitrogens with two attached hydrogens (primary N) is 1. The van der Waals surface area contributed by atoms with E-state index >= 15 is 0 Å². The molecule has 9 nitrogen and oxygen atoms in total. The summed E-state index contributed by atoms with van der Waals surface area (Å²) >= 11 is 0. The molecule has 0 spiro atoms. The van der Waals surface area contributed by atoms with Crippen molar-refractivity contribution in [1.29, 1.82) is 0 Å². The largest absolute Gasteiger partial charge is 0.394 e. The maximum Gasteiger partial charge on any atom is 0.230 e. The van der Waals surface area contributed by atoms with Gasteiger partial charge in [0.1, 0.15) is 17.8 Å². The quantitative estimate of drug-likeness (QED) is 0.568. The van der Waals surface area contributed by atoms with Gasteiger partial charge in [-0.3, -0.25) is 9.36 Å². The fourth-order valence-corrected chi connectivity index (χ4v) is 3.02. The van der Waals surface area contributed by atoms with Crippen LogP contribution in [0.2, 0.25) is 0 Å². The summed E-state index contributed by atoms with van der Waals surface area (Å²) in [5.41, 5.74) is 7.09. The van der Waals surface area contributed by atoms with Crippen molar-refractivity contribution < 1.29 is 19.7 Å². The van der Waals surface area contributed by atoms with Gasteiger partial charge in [-0.2, -0.15) is 0 Å². The van der Waals surface area contributed by atoms with Crippen LogP contribution in [0.3, 0.4) is 0 Å². The Hall–Kier alpha value is -2.88. The monoisotopic (exact) mass is 355 g/mol. The third kappa shape index (κ3) is 2.71. The van der Waals surface area contributed by atoms with E-state index in [9.17, 15) is 15.0 Å². The highest BCUT2D eigenvalue weighted by Crippen LogP contribution is 2.31. The summed E-state index contributed by atoms with van der Waals surface area (Å²) in [6.45, 7) is -0.292. The number of carbonyl (C=O) groups is 1. The first-order valence-corrected chi connectivity index (χ1v) is 8.12. The minimum atomic E-state index is -0.799. The fourth-order valence-electron chi connectivity index (χ4n) is 3.02. The summed E-state index contributed by atoms with van der Waals surface area (Å²) in [4.78, 5) is 25.2. The van der Waals surface area contributed by atoms with Crippen LogP contribution in [-0.2, 0) is 4.74 Å². The number of hydrogen-bond donors (Lipinski definition) is 3. The molecule has 4 N–H and O–H groups in total. The molecule has 3 heterocycles. The smallest absolute Gasteiger partial charge is 0.230 e. The van der Waals surface area contributed by atoms with Crippen molar-refractivity contribution >= 4 is 22.8 Å². The van der Waals surface area contributed by atoms with Gasteiger partial charge in [0.15, 0.2) is 11.5 Å². The summed E-state index contributed by atoms with van der Waals surface area (Å²) in [5.74, 6) is -0.307. The Morgan fingerprint density at radius 1 is 1.31 bits per heavy atom. The molecule has 1 saturated heterocycles. The van der Waals surface area contributed by atoms with Crippen molar-refractivity contribution in [2.24, 2.45) is 0 Å². The molecule has 26 heavy (non-hydrogen) atoms. The number of ether oxygens (including phenoxy) is 1. The van der Waals surface area contributed by atoms with Crippen molar-refractivity contribution in [3.8, 4) is 0 Å². The number of aliphatic hydroxyl groups excluding tert-OH is 2. The standard InChI is InChI=1S/C17H17N5O4/c18-15-13-17(21-16(20-15)14(25)9-4-2-1-3-5-9)22(8-19-13)12-6-10(24)11(7-23)26-12/h1-5,8,10-12,23-24H,6-7H2,(H2,18,20,21)/t10?,11-,12-/m1/s1. The van der Waals surface area contributed by atoms with Gasteiger partial charge in [0.05, 0.1) is 19.0 Å². The second-order valence-corrected chi connectivity index (χ2v) is 6.07. The minimum Gasteiger partial charge on any atom is -0.394 e. The number of imidazole rings is 1. The van der Waals surface area contributed by atoms with Crippen molar-refractivity contribution in [2.45, 2.75) is 24.9 Å². The predicted molar refractivity (Wildman–Crippen MR) is 91.2 cm³/mol. The molecule has 9 heteroatoms. The molecule has 1 aromatic carbocycles. The zero-order valence-corrected chi connectivity index (χ0v) is 13.7.